The Labute approximate surface area is 116 Å². The van der Waals surface area contributed by atoms with E-state index >= 15 is 0 Å². The van der Waals surface area contributed by atoms with Crippen molar-refractivity contribution in [1.82, 2.24) is 9.55 Å². The highest BCUT2D eigenvalue weighted by Gasteiger charge is 2.29. The molecule has 1 atom stereocenters. The number of carboxylic acid groups (broad SMARTS) is 1. The van der Waals surface area contributed by atoms with Crippen molar-refractivity contribution in [2.45, 2.75) is 44.8 Å². The number of aliphatic hydroxyl groups excluding tert-OH is 1. The van der Waals surface area contributed by atoms with Gasteiger partial charge in [-0.05, 0) is 44.4 Å². The van der Waals surface area contributed by atoms with Crippen molar-refractivity contribution < 1.29 is 15.0 Å². The maximum Gasteiger partial charge on any atom is 0.335 e. The van der Waals surface area contributed by atoms with E-state index < -0.39 is 5.97 Å². The zero-order valence-corrected chi connectivity index (χ0v) is 11.4. The Bertz CT molecular complexity index is 656. The van der Waals surface area contributed by atoms with E-state index in [9.17, 15) is 9.90 Å². The average Bonchev–Trinajstić information content (AvgIpc) is 3.17. The lowest BCUT2D eigenvalue weighted by molar-refractivity contribution is 0.0697. The van der Waals surface area contributed by atoms with Crippen molar-refractivity contribution in [2.75, 3.05) is 0 Å². The molecule has 0 saturated heterocycles. The van der Waals surface area contributed by atoms with Crippen LogP contribution in [0.15, 0.2) is 18.2 Å². The fraction of sp³-hybridized carbons (Fsp3) is 0.467. The molecule has 20 heavy (non-hydrogen) atoms. The lowest BCUT2D eigenvalue weighted by Crippen LogP contribution is -2.09. The highest BCUT2D eigenvalue weighted by Crippen LogP contribution is 2.40. The molecule has 2 aromatic rings. The van der Waals surface area contributed by atoms with Crippen LogP contribution in [0.3, 0.4) is 0 Å². The summed E-state index contributed by atoms with van der Waals surface area (Å²) in [7, 11) is 0. The molecule has 5 nitrogen and oxygen atoms in total. The van der Waals surface area contributed by atoms with Crippen LogP contribution in [0, 0.1) is 0 Å². The summed E-state index contributed by atoms with van der Waals surface area (Å²) < 4.78 is 2.08. The van der Waals surface area contributed by atoms with Crippen molar-refractivity contribution in [1.29, 1.82) is 0 Å². The van der Waals surface area contributed by atoms with E-state index in [4.69, 9.17) is 5.11 Å². The molecular weight excluding hydrogens is 256 g/mol. The molecule has 1 aliphatic rings. The van der Waals surface area contributed by atoms with Crippen molar-refractivity contribution in [3.8, 4) is 0 Å². The monoisotopic (exact) mass is 274 g/mol. The number of imidazole rings is 1. The number of aliphatic hydroxyl groups is 1. The minimum Gasteiger partial charge on any atom is -0.478 e. The first-order chi connectivity index (χ1) is 9.56. The van der Waals surface area contributed by atoms with Gasteiger partial charge in [-0.3, -0.25) is 0 Å². The predicted molar refractivity (Wildman–Crippen MR) is 75.0 cm³/mol. The molecule has 0 aliphatic heterocycles. The molecule has 1 aliphatic carbocycles. The van der Waals surface area contributed by atoms with Gasteiger partial charge in [0.2, 0.25) is 0 Å². The highest BCUT2D eigenvalue weighted by molar-refractivity contribution is 5.92. The second-order valence-electron chi connectivity index (χ2n) is 5.54. The van der Waals surface area contributed by atoms with E-state index in [1.165, 1.54) is 0 Å². The van der Waals surface area contributed by atoms with Gasteiger partial charge in [-0.1, -0.05) is 0 Å². The van der Waals surface area contributed by atoms with Crippen LogP contribution >= 0.6 is 0 Å². The van der Waals surface area contributed by atoms with Crippen LogP contribution in [0.2, 0.25) is 0 Å². The maximum absolute atomic E-state index is 11.1. The second kappa shape index (κ2) is 4.90. The summed E-state index contributed by atoms with van der Waals surface area (Å²) in [6.45, 7) is 2.43. The van der Waals surface area contributed by atoms with E-state index in [0.29, 0.717) is 18.9 Å². The van der Waals surface area contributed by atoms with Crippen LogP contribution in [0.4, 0.5) is 0 Å². The zero-order chi connectivity index (χ0) is 14.3. The molecule has 1 heterocycles. The number of aryl methyl sites for hydroxylation is 1. The van der Waals surface area contributed by atoms with E-state index in [2.05, 4.69) is 9.55 Å². The fourth-order valence-electron chi connectivity index (χ4n) is 2.48. The number of hydrogen-bond acceptors (Lipinski definition) is 3. The first-order valence-electron chi connectivity index (χ1n) is 6.98. The standard InChI is InChI=1S/C15H18N2O3/c1-9(18)6-7-17-13-8-11(15(19)20)4-5-12(13)16-14(17)10-2-3-10/h4-5,8-10,18H,2-3,6-7H2,1H3,(H,19,20). The summed E-state index contributed by atoms with van der Waals surface area (Å²) in [5, 5.41) is 18.6. The first-order valence-corrected chi connectivity index (χ1v) is 6.98. The number of rotatable bonds is 5. The van der Waals surface area contributed by atoms with Gasteiger partial charge in [0.1, 0.15) is 5.82 Å². The lowest BCUT2D eigenvalue weighted by atomic mass is 10.2. The number of nitrogens with zero attached hydrogens (tertiary/aromatic N) is 2. The van der Waals surface area contributed by atoms with Gasteiger partial charge >= 0.3 is 5.97 Å². The van der Waals surface area contributed by atoms with Crippen LogP contribution in [-0.4, -0.2) is 31.8 Å². The number of fused-ring (bicyclic) bond motifs is 1. The molecule has 106 valence electrons. The average molecular weight is 274 g/mol. The van der Waals surface area contributed by atoms with Crippen LogP contribution < -0.4 is 0 Å². The fourth-order valence-corrected chi connectivity index (χ4v) is 2.48. The molecular formula is C15H18N2O3. The zero-order valence-electron chi connectivity index (χ0n) is 11.4. The van der Waals surface area contributed by atoms with Crippen molar-refractivity contribution >= 4 is 17.0 Å². The van der Waals surface area contributed by atoms with E-state index in [-0.39, 0.29) is 11.7 Å². The topological polar surface area (TPSA) is 75.3 Å². The molecule has 5 heteroatoms. The predicted octanol–water partition coefficient (Wildman–Crippen LogP) is 2.38. The summed E-state index contributed by atoms with van der Waals surface area (Å²) in [6, 6.07) is 5.04. The Kier molecular flexibility index (Phi) is 3.22. The maximum atomic E-state index is 11.1. The highest BCUT2D eigenvalue weighted by atomic mass is 16.4. The Morgan fingerprint density at radius 3 is 2.85 bits per heavy atom. The summed E-state index contributed by atoms with van der Waals surface area (Å²) in [5.41, 5.74) is 1.97. The largest absolute Gasteiger partial charge is 0.478 e. The van der Waals surface area contributed by atoms with Gasteiger partial charge < -0.3 is 14.8 Å². The van der Waals surface area contributed by atoms with Crippen molar-refractivity contribution in [2.24, 2.45) is 0 Å². The number of hydrogen-bond donors (Lipinski definition) is 2. The third-order valence-corrected chi connectivity index (χ3v) is 3.74. The van der Waals surface area contributed by atoms with Gasteiger partial charge in [0.05, 0.1) is 22.7 Å². The molecule has 0 spiro atoms. The minimum absolute atomic E-state index is 0.276. The summed E-state index contributed by atoms with van der Waals surface area (Å²) in [5.74, 6) is 0.594. The summed E-state index contributed by atoms with van der Waals surface area (Å²) >= 11 is 0. The quantitative estimate of drug-likeness (QED) is 0.877. The molecule has 0 radical (unpaired) electrons. The molecule has 3 rings (SSSR count). The third-order valence-electron chi connectivity index (χ3n) is 3.74. The lowest BCUT2D eigenvalue weighted by Gasteiger charge is -2.10. The van der Waals surface area contributed by atoms with Crippen LogP contribution in [0.5, 0.6) is 0 Å². The van der Waals surface area contributed by atoms with E-state index in [0.717, 1.165) is 29.7 Å². The molecule has 0 bridgehead atoms. The van der Waals surface area contributed by atoms with Gasteiger partial charge in [-0.25, -0.2) is 9.78 Å². The Balaban J connectivity index is 2.07. The molecule has 2 N–H and O–H groups in total. The van der Waals surface area contributed by atoms with Crippen LogP contribution in [0.25, 0.3) is 11.0 Å². The summed E-state index contributed by atoms with van der Waals surface area (Å²) in [4.78, 5) is 15.7. The van der Waals surface area contributed by atoms with Gasteiger partial charge in [0.25, 0.3) is 0 Å². The van der Waals surface area contributed by atoms with Crippen LogP contribution in [0.1, 0.15) is 48.3 Å². The number of carbonyl (C=O) groups is 1. The van der Waals surface area contributed by atoms with Crippen LogP contribution in [-0.2, 0) is 6.54 Å². The Morgan fingerprint density at radius 2 is 2.25 bits per heavy atom. The smallest absolute Gasteiger partial charge is 0.335 e. The first kappa shape index (κ1) is 13.1. The van der Waals surface area contributed by atoms with Crippen molar-refractivity contribution in [3.63, 3.8) is 0 Å². The normalized spacial score (nSPS) is 16.5. The number of benzene rings is 1. The van der Waals surface area contributed by atoms with Gasteiger partial charge in [0, 0.05) is 12.5 Å². The summed E-state index contributed by atoms with van der Waals surface area (Å²) in [6.07, 6.45) is 2.55. The molecule has 1 saturated carbocycles. The third kappa shape index (κ3) is 2.41. The Morgan fingerprint density at radius 1 is 1.50 bits per heavy atom. The number of aromatic carboxylic acids is 1. The minimum atomic E-state index is -0.928. The van der Waals surface area contributed by atoms with E-state index in [1.54, 1.807) is 25.1 Å². The SMILES string of the molecule is CC(O)CCn1c(C2CC2)nc2ccc(C(=O)O)cc21. The Hall–Kier alpha value is -1.88. The molecule has 1 fully saturated rings. The van der Waals surface area contributed by atoms with Gasteiger partial charge in [0.15, 0.2) is 0 Å². The van der Waals surface area contributed by atoms with Crippen molar-refractivity contribution in [3.05, 3.63) is 29.6 Å². The van der Waals surface area contributed by atoms with E-state index in [1.807, 2.05) is 0 Å². The number of aromatic nitrogens is 2. The second-order valence-corrected chi connectivity index (χ2v) is 5.54. The molecule has 1 unspecified atom stereocenters. The van der Waals surface area contributed by atoms with Gasteiger partial charge in [-0.15, -0.1) is 0 Å². The molecule has 0 amide bonds. The molecule has 1 aromatic carbocycles. The number of carboxylic acids is 1. The molecule has 1 aromatic heterocycles. The van der Waals surface area contributed by atoms with Gasteiger partial charge in [-0.2, -0.15) is 0 Å².